The molecule has 2 aromatic heterocycles. The number of benzene rings is 1. The lowest BCUT2D eigenvalue weighted by molar-refractivity contribution is 0.0488. The van der Waals surface area contributed by atoms with Crippen LogP contribution in [-0.2, 0) is 0 Å². The van der Waals surface area contributed by atoms with Crippen LogP contribution in [0.15, 0.2) is 40.9 Å². The predicted molar refractivity (Wildman–Crippen MR) is 125 cm³/mol. The molecule has 2 heterocycles. The van der Waals surface area contributed by atoms with Crippen molar-refractivity contribution in [3.63, 3.8) is 0 Å². The number of aromatic nitrogens is 2. The molecule has 32 heavy (non-hydrogen) atoms. The first-order chi connectivity index (χ1) is 15.1. The number of ether oxygens (including phenoxy) is 1. The summed E-state index contributed by atoms with van der Waals surface area (Å²) < 4.78 is 12.0. The molecule has 2 N–H and O–H groups in total. The van der Waals surface area contributed by atoms with Crippen LogP contribution in [0.2, 0.25) is 0 Å². The fourth-order valence-corrected chi connectivity index (χ4v) is 4.57. The van der Waals surface area contributed by atoms with Crippen molar-refractivity contribution in [2.75, 3.05) is 12.4 Å². The highest BCUT2D eigenvalue weighted by Crippen LogP contribution is 2.49. The van der Waals surface area contributed by atoms with Crippen LogP contribution in [0.3, 0.4) is 0 Å². The van der Waals surface area contributed by atoms with Gasteiger partial charge in [0, 0.05) is 30.9 Å². The Kier molecular flexibility index (Phi) is 5.61. The van der Waals surface area contributed by atoms with Gasteiger partial charge in [-0.1, -0.05) is 27.7 Å². The van der Waals surface area contributed by atoms with Crippen molar-refractivity contribution in [3.8, 4) is 11.5 Å². The molecule has 0 bridgehead atoms. The lowest BCUT2D eigenvalue weighted by atomic mass is 9.58. The van der Waals surface area contributed by atoms with Crippen LogP contribution in [0.25, 0.3) is 11.1 Å². The van der Waals surface area contributed by atoms with E-state index < -0.39 is 0 Å². The zero-order valence-electron chi connectivity index (χ0n) is 19.7. The van der Waals surface area contributed by atoms with Gasteiger partial charge in [0.1, 0.15) is 22.7 Å². The predicted octanol–water partition coefficient (Wildman–Crippen LogP) is 5.64. The number of oxazole rings is 1. The highest BCUT2D eigenvalue weighted by molar-refractivity contribution is 5.92. The smallest absolute Gasteiger partial charge is 0.296 e. The van der Waals surface area contributed by atoms with Crippen LogP contribution in [0.1, 0.15) is 57.9 Å². The molecule has 170 valence electrons. The number of carbonyl (C=O) groups is 1. The summed E-state index contributed by atoms with van der Waals surface area (Å²) in [5, 5.41) is 6.15. The van der Waals surface area contributed by atoms with Crippen molar-refractivity contribution in [2.24, 2.45) is 17.3 Å². The molecule has 0 aliphatic heterocycles. The molecule has 1 saturated carbocycles. The molecular weight excluding hydrogens is 404 g/mol. The number of fused-ring (bicyclic) bond motifs is 1. The van der Waals surface area contributed by atoms with E-state index in [1.54, 1.807) is 25.4 Å². The van der Waals surface area contributed by atoms with E-state index in [2.05, 4.69) is 55.2 Å². The number of carbonyl (C=O) groups excluding carboxylic acids is 1. The van der Waals surface area contributed by atoms with Crippen molar-refractivity contribution < 1.29 is 13.9 Å². The summed E-state index contributed by atoms with van der Waals surface area (Å²) in [6.45, 7) is 11.6. The number of nitrogens with zero attached hydrogens (tertiary/aromatic N) is 2. The van der Waals surface area contributed by atoms with Crippen molar-refractivity contribution >= 4 is 23.0 Å². The Morgan fingerprint density at radius 3 is 2.59 bits per heavy atom. The first-order valence-electron chi connectivity index (χ1n) is 11.2. The van der Waals surface area contributed by atoms with Gasteiger partial charge in [0.15, 0.2) is 5.58 Å². The maximum Gasteiger partial charge on any atom is 0.296 e. The third-order valence-corrected chi connectivity index (χ3v) is 7.46. The van der Waals surface area contributed by atoms with Crippen molar-refractivity contribution in [1.29, 1.82) is 0 Å². The number of hydrogen-bond donors (Lipinski definition) is 2. The third-order valence-electron chi connectivity index (χ3n) is 7.46. The second kappa shape index (κ2) is 8.11. The fourth-order valence-electron chi connectivity index (χ4n) is 4.57. The minimum absolute atomic E-state index is 0.0809. The van der Waals surface area contributed by atoms with Gasteiger partial charge < -0.3 is 19.8 Å². The molecule has 7 heteroatoms. The number of rotatable bonds is 5. The number of hydrogen-bond acceptors (Lipinski definition) is 6. The normalized spacial score (nSPS) is 24.8. The Morgan fingerprint density at radius 2 is 1.84 bits per heavy atom. The van der Waals surface area contributed by atoms with Gasteiger partial charge in [-0.25, -0.2) is 0 Å². The molecule has 1 aromatic carbocycles. The molecular formula is C25H32N4O3. The second-order valence-electron chi connectivity index (χ2n) is 9.81. The maximum absolute atomic E-state index is 11.8. The third kappa shape index (κ3) is 4.16. The topological polar surface area (TPSA) is 89.3 Å². The van der Waals surface area contributed by atoms with Crippen LogP contribution in [0.5, 0.6) is 11.5 Å². The van der Waals surface area contributed by atoms with Crippen LogP contribution >= 0.6 is 0 Å². The van der Waals surface area contributed by atoms with E-state index in [9.17, 15) is 4.79 Å². The number of nitrogens with one attached hydrogen (secondary N) is 2. The zero-order valence-corrected chi connectivity index (χ0v) is 19.7. The SMILES string of the molecule is CNC(=O)c1cc(Oc2ccc3nc(N[C@@]4(C)CCC(C)(C)[C@@H](C)[C@@H]4C)oc3c2)ccn1. The molecule has 1 amide bonds. The average molecular weight is 437 g/mol. The molecule has 1 aliphatic carbocycles. The van der Waals surface area contributed by atoms with E-state index in [4.69, 9.17) is 9.15 Å². The lowest BCUT2D eigenvalue weighted by Gasteiger charge is -2.51. The Bertz CT molecular complexity index is 1140. The molecule has 0 radical (unpaired) electrons. The van der Waals surface area contributed by atoms with Gasteiger partial charge in [-0.05, 0) is 55.2 Å². The Balaban J connectivity index is 1.53. The quantitative estimate of drug-likeness (QED) is 0.538. The van der Waals surface area contributed by atoms with E-state index in [1.165, 1.54) is 0 Å². The Morgan fingerprint density at radius 1 is 1.09 bits per heavy atom. The molecule has 4 rings (SSSR count). The summed E-state index contributed by atoms with van der Waals surface area (Å²) in [5.41, 5.74) is 1.96. The van der Waals surface area contributed by atoms with Gasteiger partial charge in [-0.2, -0.15) is 4.98 Å². The summed E-state index contributed by atoms with van der Waals surface area (Å²) in [5.74, 6) is 1.91. The molecule has 3 atom stereocenters. The van der Waals surface area contributed by atoms with Gasteiger partial charge in [0.05, 0.1) is 0 Å². The number of anilines is 1. The van der Waals surface area contributed by atoms with Crippen molar-refractivity contribution in [3.05, 3.63) is 42.2 Å². The summed E-state index contributed by atoms with van der Waals surface area (Å²) in [6, 6.07) is 9.36. The molecule has 1 aliphatic rings. The largest absolute Gasteiger partial charge is 0.457 e. The Labute approximate surface area is 189 Å². The fraction of sp³-hybridized carbons (Fsp3) is 0.480. The molecule has 0 saturated heterocycles. The Hall–Kier alpha value is -3.09. The summed E-state index contributed by atoms with van der Waals surface area (Å²) in [4.78, 5) is 20.5. The molecule has 7 nitrogen and oxygen atoms in total. The van der Waals surface area contributed by atoms with E-state index in [0.717, 1.165) is 18.4 Å². The summed E-state index contributed by atoms with van der Waals surface area (Å²) in [6.07, 6.45) is 3.77. The average Bonchev–Trinajstić information content (AvgIpc) is 3.16. The monoisotopic (exact) mass is 436 g/mol. The molecule has 3 aromatic rings. The van der Waals surface area contributed by atoms with Crippen LogP contribution in [0, 0.1) is 17.3 Å². The second-order valence-corrected chi connectivity index (χ2v) is 9.81. The number of pyridine rings is 1. The van der Waals surface area contributed by atoms with Gasteiger partial charge in [-0.3, -0.25) is 9.78 Å². The lowest BCUT2D eigenvalue weighted by Crippen LogP contribution is -2.52. The minimum Gasteiger partial charge on any atom is -0.457 e. The minimum atomic E-state index is -0.264. The van der Waals surface area contributed by atoms with Crippen LogP contribution in [0.4, 0.5) is 6.01 Å². The standard InChI is InChI=1S/C25H32N4O3/c1-15-16(2)25(5,11-10-24(15,3)4)29-23-28-19-8-7-17(14-21(19)32-23)31-18-9-12-27-20(13-18)22(30)26-6/h7-9,12-16H,10-11H2,1-6H3,(H,26,30)(H,28,29)/t15-,16-,25-/m0/s1. The van der Waals surface area contributed by atoms with Gasteiger partial charge in [-0.15, -0.1) is 0 Å². The van der Waals surface area contributed by atoms with Crippen LogP contribution < -0.4 is 15.4 Å². The maximum atomic E-state index is 11.8. The molecule has 0 unspecified atom stereocenters. The first kappa shape index (κ1) is 22.1. The van der Waals surface area contributed by atoms with Gasteiger partial charge in [0.25, 0.3) is 11.9 Å². The van der Waals surface area contributed by atoms with Crippen molar-refractivity contribution in [2.45, 2.75) is 53.0 Å². The zero-order chi connectivity index (χ0) is 23.1. The van der Waals surface area contributed by atoms with E-state index in [1.807, 2.05) is 18.2 Å². The van der Waals surface area contributed by atoms with E-state index >= 15 is 0 Å². The van der Waals surface area contributed by atoms with Crippen LogP contribution in [-0.4, -0.2) is 28.5 Å². The van der Waals surface area contributed by atoms with Gasteiger partial charge >= 0.3 is 0 Å². The highest BCUT2D eigenvalue weighted by atomic mass is 16.5. The number of amides is 1. The molecule has 0 spiro atoms. The van der Waals surface area contributed by atoms with E-state index in [0.29, 0.717) is 46.0 Å². The summed E-state index contributed by atoms with van der Waals surface area (Å²) >= 11 is 0. The first-order valence-corrected chi connectivity index (χ1v) is 11.2. The van der Waals surface area contributed by atoms with E-state index in [-0.39, 0.29) is 11.4 Å². The summed E-state index contributed by atoms with van der Waals surface area (Å²) in [7, 11) is 1.57. The van der Waals surface area contributed by atoms with Crippen molar-refractivity contribution in [1.82, 2.24) is 15.3 Å². The molecule has 1 fully saturated rings. The highest BCUT2D eigenvalue weighted by Gasteiger charge is 2.46. The van der Waals surface area contributed by atoms with Gasteiger partial charge in [0.2, 0.25) is 0 Å².